The molecule has 0 saturated heterocycles. The monoisotopic (exact) mass is 314 g/mol. The van der Waals surface area contributed by atoms with E-state index in [4.69, 9.17) is 33.0 Å². The third kappa shape index (κ3) is 2.74. The van der Waals surface area contributed by atoms with Gasteiger partial charge in [-0.1, -0.05) is 23.2 Å². The molecule has 0 radical (unpaired) electrons. The lowest BCUT2D eigenvalue weighted by atomic mass is 9.90. The number of carbonyl (C=O) groups is 1. The van der Waals surface area contributed by atoms with E-state index in [0.717, 1.165) is 0 Å². The molecule has 0 saturated carbocycles. The summed E-state index contributed by atoms with van der Waals surface area (Å²) in [5.41, 5.74) is 0.255. The van der Waals surface area contributed by atoms with Gasteiger partial charge in [-0.25, -0.2) is 0 Å². The molecule has 8 heteroatoms. The van der Waals surface area contributed by atoms with Gasteiger partial charge in [-0.15, -0.1) is 0 Å². The summed E-state index contributed by atoms with van der Waals surface area (Å²) in [7, 11) is 0. The van der Waals surface area contributed by atoms with Crippen molar-refractivity contribution in [2.24, 2.45) is 5.92 Å². The molecule has 0 bridgehead atoms. The Morgan fingerprint density at radius 3 is 2.53 bits per heavy atom. The van der Waals surface area contributed by atoms with Crippen LogP contribution in [0.3, 0.4) is 0 Å². The molecule has 1 aliphatic rings. The van der Waals surface area contributed by atoms with Crippen LogP contribution in [0, 0.1) is 5.92 Å². The molecule has 0 unspecified atom stereocenters. The standard InChI is InChI=1S/C11H7Cl2F3O3/c12-5-1-4-2-6(10(17)18)9(11(14,15)16)19-8(4)7(13)3-5/h1,3,6,9H,2H2,(H,17,18)/t6-,9-/m0/s1. The summed E-state index contributed by atoms with van der Waals surface area (Å²) >= 11 is 11.5. The number of carboxylic acids is 1. The first-order valence-electron chi connectivity index (χ1n) is 5.14. The van der Waals surface area contributed by atoms with Crippen molar-refractivity contribution in [3.63, 3.8) is 0 Å². The molecule has 0 amide bonds. The molecule has 19 heavy (non-hydrogen) atoms. The second-order valence-corrected chi connectivity index (χ2v) is 4.95. The van der Waals surface area contributed by atoms with Crippen molar-refractivity contribution in [2.75, 3.05) is 0 Å². The van der Waals surface area contributed by atoms with E-state index in [1.165, 1.54) is 12.1 Å². The van der Waals surface area contributed by atoms with Gasteiger partial charge in [0.05, 0.1) is 5.02 Å². The van der Waals surface area contributed by atoms with Crippen LogP contribution >= 0.6 is 23.2 Å². The van der Waals surface area contributed by atoms with Gasteiger partial charge in [-0.3, -0.25) is 4.79 Å². The van der Waals surface area contributed by atoms with Crippen molar-refractivity contribution in [3.05, 3.63) is 27.7 Å². The normalized spacial score (nSPS) is 22.6. The van der Waals surface area contributed by atoms with E-state index in [2.05, 4.69) is 0 Å². The molecule has 0 aliphatic carbocycles. The van der Waals surface area contributed by atoms with Crippen LogP contribution in [0.4, 0.5) is 13.2 Å². The largest absolute Gasteiger partial charge is 0.481 e. The molecule has 1 heterocycles. The SMILES string of the molecule is O=C(O)[C@H]1Cc2cc(Cl)cc(Cl)c2O[C@@H]1C(F)(F)F. The van der Waals surface area contributed by atoms with Gasteiger partial charge in [-0.2, -0.15) is 13.2 Å². The van der Waals surface area contributed by atoms with E-state index in [9.17, 15) is 18.0 Å². The summed E-state index contributed by atoms with van der Waals surface area (Å²) in [6.07, 6.45) is -7.55. The van der Waals surface area contributed by atoms with E-state index in [1.807, 2.05) is 0 Å². The lowest BCUT2D eigenvalue weighted by Crippen LogP contribution is -2.47. The van der Waals surface area contributed by atoms with Crippen molar-refractivity contribution < 1.29 is 27.8 Å². The minimum Gasteiger partial charge on any atom is -0.481 e. The minimum atomic E-state index is -4.79. The fraction of sp³-hybridized carbons (Fsp3) is 0.364. The van der Waals surface area contributed by atoms with E-state index in [-0.39, 0.29) is 27.8 Å². The summed E-state index contributed by atoms with van der Waals surface area (Å²) in [5, 5.41) is 9.03. The third-order valence-corrected chi connectivity index (χ3v) is 3.27. The summed E-state index contributed by atoms with van der Waals surface area (Å²) in [5.74, 6) is -3.46. The minimum absolute atomic E-state index is 0.0689. The topological polar surface area (TPSA) is 46.5 Å². The number of hydrogen-bond donors (Lipinski definition) is 1. The number of fused-ring (bicyclic) bond motifs is 1. The van der Waals surface area contributed by atoms with Crippen LogP contribution < -0.4 is 4.74 Å². The van der Waals surface area contributed by atoms with Crippen LogP contribution in [0.25, 0.3) is 0 Å². The van der Waals surface area contributed by atoms with Crippen LogP contribution in [0.1, 0.15) is 5.56 Å². The van der Waals surface area contributed by atoms with E-state index in [1.54, 1.807) is 0 Å². The second kappa shape index (κ2) is 4.76. The quantitative estimate of drug-likeness (QED) is 0.862. The first-order valence-corrected chi connectivity index (χ1v) is 5.90. The van der Waals surface area contributed by atoms with Crippen molar-refractivity contribution >= 4 is 29.2 Å². The Kier molecular flexibility index (Phi) is 3.57. The van der Waals surface area contributed by atoms with Crippen molar-refractivity contribution in [2.45, 2.75) is 18.7 Å². The van der Waals surface area contributed by atoms with Gasteiger partial charge < -0.3 is 9.84 Å². The molecule has 0 aromatic heterocycles. The molecule has 3 nitrogen and oxygen atoms in total. The Bertz CT molecular complexity index is 531. The van der Waals surface area contributed by atoms with Gasteiger partial charge in [0.2, 0.25) is 6.10 Å². The molecular weight excluding hydrogens is 308 g/mol. The molecule has 1 aromatic carbocycles. The van der Waals surface area contributed by atoms with Crippen LogP contribution in [-0.4, -0.2) is 23.4 Å². The summed E-state index contributed by atoms with van der Waals surface area (Å²) < 4.78 is 43.2. The maximum Gasteiger partial charge on any atom is 0.426 e. The van der Waals surface area contributed by atoms with Gasteiger partial charge in [-0.05, 0) is 24.1 Å². The fourth-order valence-electron chi connectivity index (χ4n) is 1.96. The number of aliphatic carboxylic acids is 1. The van der Waals surface area contributed by atoms with Gasteiger partial charge in [0.15, 0.2) is 0 Å². The first-order chi connectivity index (χ1) is 8.70. The maximum atomic E-state index is 12.8. The van der Waals surface area contributed by atoms with E-state index < -0.39 is 24.2 Å². The van der Waals surface area contributed by atoms with Gasteiger partial charge in [0.1, 0.15) is 11.7 Å². The molecule has 0 spiro atoms. The van der Waals surface area contributed by atoms with Gasteiger partial charge >= 0.3 is 12.1 Å². The summed E-state index contributed by atoms with van der Waals surface area (Å²) in [4.78, 5) is 10.9. The van der Waals surface area contributed by atoms with Crippen molar-refractivity contribution in [1.29, 1.82) is 0 Å². The highest BCUT2D eigenvalue weighted by molar-refractivity contribution is 6.35. The van der Waals surface area contributed by atoms with Crippen LogP contribution in [0.5, 0.6) is 5.75 Å². The number of alkyl halides is 3. The molecule has 1 aromatic rings. The average molecular weight is 315 g/mol. The molecule has 104 valence electrons. The highest BCUT2D eigenvalue weighted by Gasteiger charge is 2.52. The highest BCUT2D eigenvalue weighted by atomic mass is 35.5. The number of halogens is 5. The fourth-order valence-corrected chi connectivity index (χ4v) is 2.54. The number of ether oxygens (including phenoxy) is 1. The van der Waals surface area contributed by atoms with Crippen LogP contribution in [0.15, 0.2) is 12.1 Å². The van der Waals surface area contributed by atoms with Gasteiger partial charge in [0.25, 0.3) is 0 Å². The predicted octanol–water partition coefficient (Wildman–Crippen LogP) is 3.56. The van der Waals surface area contributed by atoms with Gasteiger partial charge in [0, 0.05) is 5.02 Å². The summed E-state index contributed by atoms with van der Waals surface area (Å²) in [6, 6.07) is 2.60. The lowest BCUT2D eigenvalue weighted by molar-refractivity contribution is -0.217. The Labute approximate surface area is 115 Å². The molecule has 2 rings (SSSR count). The zero-order chi connectivity index (χ0) is 14.4. The first kappa shape index (κ1) is 14.3. The molecule has 1 aliphatic heterocycles. The number of rotatable bonds is 1. The number of benzene rings is 1. The Hall–Kier alpha value is -1.14. The summed E-state index contributed by atoms with van der Waals surface area (Å²) in [6.45, 7) is 0. The number of hydrogen-bond acceptors (Lipinski definition) is 2. The van der Waals surface area contributed by atoms with Crippen LogP contribution in [-0.2, 0) is 11.2 Å². The Morgan fingerprint density at radius 2 is 2.00 bits per heavy atom. The average Bonchev–Trinajstić information content (AvgIpc) is 2.25. The molecule has 1 N–H and O–H groups in total. The van der Waals surface area contributed by atoms with E-state index >= 15 is 0 Å². The third-order valence-electron chi connectivity index (χ3n) is 2.78. The van der Waals surface area contributed by atoms with Crippen molar-refractivity contribution in [3.8, 4) is 5.75 Å². The maximum absolute atomic E-state index is 12.8. The highest BCUT2D eigenvalue weighted by Crippen LogP contribution is 2.43. The van der Waals surface area contributed by atoms with Crippen LogP contribution in [0.2, 0.25) is 10.0 Å². The Morgan fingerprint density at radius 1 is 1.37 bits per heavy atom. The smallest absolute Gasteiger partial charge is 0.426 e. The molecular formula is C11H7Cl2F3O3. The van der Waals surface area contributed by atoms with Crippen molar-refractivity contribution in [1.82, 2.24) is 0 Å². The van der Waals surface area contributed by atoms with E-state index in [0.29, 0.717) is 0 Å². The lowest BCUT2D eigenvalue weighted by Gasteiger charge is -2.33. The predicted molar refractivity (Wildman–Crippen MR) is 61.8 cm³/mol. The zero-order valence-corrected chi connectivity index (χ0v) is 10.7. The number of carboxylic acid groups (broad SMARTS) is 1. The molecule has 0 fully saturated rings. The molecule has 2 atom stereocenters. The Balaban J connectivity index is 2.48. The zero-order valence-electron chi connectivity index (χ0n) is 9.17. The second-order valence-electron chi connectivity index (χ2n) is 4.10.